The molecule has 5 rings (SSSR count). The van der Waals surface area contributed by atoms with Gasteiger partial charge in [0.05, 0.1) is 11.1 Å². The molecular weight excluding hydrogens is 537 g/mol. The van der Waals surface area contributed by atoms with Gasteiger partial charge in [0.1, 0.15) is 5.75 Å². The minimum atomic E-state index is -4.47. The van der Waals surface area contributed by atoms with Crippen LogP contribution in [0.1, 0.15) is 44.7 Å². The van der Waals surface area contributed by atoms with Gasteiger partial charge >= 0.3 is 6.18 Å². The van der Waals surface area contributed by atoms with Crippen LogP contribution in [0.2, 0.25) is 0 Å². The van der Waals surface area contributed by atoms with E-state index in [2.05, 4.69) is 10.1 Å². The zero-order valence-corrected chi connectivity index (χ0v) is 22.6. The highest BCUT2D eigenvalue weighted by Gasteiger charge is 2.32. The summed E-state index contributed by atoms with van der Waals surface area (Å²) in [7, 11) is 1.62. The second-order valence-corrected chi connectivity index (χ2v) is 10.1. The fraction of sp³-hybridized carbons (Fsp3) is 0.333. The molecule has 0 N–H and O–H groups in total. The van der Waals surface area contributed by atoms with Crippen LogP contribution in [0.4, 0.5) is 13.2 Å². The number of hydrogen-bond acceptors (Lipinski definition) is 6. The minimum Gasteiger partial charge on any atom is -0.439 e. The Morgan fingerprint density at radius 3 is 2.46 bits per heavy atom. The SMILES string of the molecule is COCCCC(=O)c1ccc2nn(CC3CN(C(=O)c4ccc(Oc5ccc(C(F)(F)F)cn5)cc4)C3)cc2c1C. The number of Topliss-reactive ketones (excluding diaryl/α,β-unsaturated/α-hetero) is 1. The number of carbonyl (C=O) groups is 2. The highest BCUT2D eigenvalue weighted by Crippen LogP contribution is 2.30. The quantitative estimate of drug-likeness (QED) is 0.175. The zero-order valence-electron chi connectivity index (χ0n) is 22.6. The molecule has 0 saturated carbocycles. The molecule has 8 nitrogen and oxygen atoms in total. The minimum absolute atomic E-state index is 0.0223. The van der Waals surface area contributed by atoms with E-state index in [1.165, 1.54) is 0 Å². The second-order valence-electron chi connectivity index (χ2n) is 10.1. The number of nitrogens with zero attached hydrogens (tertiary/aromatic N) is 4. The predicted molar refractivity (Wildman–Crippen MR) is 145 cm³/mol. The second kappa shape index (κ2) is 11.7. The lowest BCUT2D eigenvalue weighted by molar-refractivity contribution is -0.137. The lowest BCUT2D eigenvalue weighted by Gasteiger charge is -2.39. The number of ether oxygens (including phenoxy) is 2. The first kappa shape index (κ1) is 28.3. The van der Waals surface area contributed by atoms with Crippen LogP contribution >= 0.6 is 0 Å². The Morgan fingerprint density at radius 1 is 1.05 bits per heavy atom. The summed E-state index contributed by atoms with van der Waals surface area (Å²) < 4.78 is 50.5. The number of halogens is 3. The lowest BCUT2D eigenvalue weighted by Crippen LogP contribution is -2.51. The van der Waals surface area contributed by atoms with Crippen LogP contribution in [0.25, 0.3) is 10.9 Å². The maximum absolute atomic E-state index is 12.9. The Labute approximate surface area is 234 Å². The Balaban J connectivity index is 1.14. The maximum Gasteiger partial charge on any atom is 0.417 e. The van der Waals surface area contributed by atoms with Crippen molar-refractivity contribution in [2.75, 3.05) is 26.8 Å². The summed E-state index contributed by atoms with van der Waals surface area (Å²) in [6.45, 7) is 4.32. The molecule has 214 valence electrons. The van der Waals surface area contributed by atoms with Crippen LogP contribution in [-0.4, -0.2) is 58.2 Å². The molecule has 1 fully saturated rings. The van der Waals surface area contributed by atoms with Gasteiger partial charge in [0, 0.05) is 80.7 Å². The number of carbonyl (C=O) groups excluding carboxylic acids is 2. The summed E-state index contributed by atoms with van der Waals surface area (Å²) in [4.78, 5) is 31.0. The van der Waals surface area contributed by atoms with Gasteiger partial charge in [-0.05, 0) is 61.4 Å². The van der Waals surface area contributed by atoms with Crippen LogP contribution in [-0.2, 0) is 17.5 Å². The molecule has 0 unspecified atom stereocenters. The number of pyridine rings is 1. The fourth-order valence-corrected chi connectivity index (χ4v) is 4.88. The first-order valence-corrected chi connectivity index (χ1v) is 13.2. The molecule has 0 atom stereocenters. The number of alkyl halides is 3. The smallest absolute Gasteiger partial charge is 0.417 e. The molecule has 0 radical (unpaired) electrons. The van der Waals surface area contributed by atoms with Gasteiger partial charge in [0.25, 0.3) is 5.91 Å². The molecule has 1 saturated heterocycles. The summed E-state index contributed by atoms with van der Waals surface area (Å²) >= 11 is 0. The summed E-state index contributed by atoms with van der Waals surface area (Å²) in [5.74, 6) is 0.610. The third-order valence-corrected chi connectivity index (χ3v) is 7.14. The standard InChI is InChI=1S/C30H29F3N4O4/c1-19-24(27(38)4-3-13-40-2)10-11-26-25(19)18-37(35-26)17-20-15-36(16-20)29(39)21-5-8-23(9-6-21)41-28-12-7-22(14-34-28)30(31,32)33/h5-12,14,18,20H,3-4,13,15-17H2,1-2H3. The number of ketones is 1. The van der Waals surface area contributed by atoms with E-state index in [9.17, 15) is 22.8 Å². The number of fused-ring (bicyclic) bond motifs is 1. The van der Waals surface area contributed by atoms with Crippen molar-refractivity contribution in [1.29, 1.82) is 0 Å². The van der Waals surface area contributed by atoms with Gasteiger partial charge in [0.2, 0.25) is 5.88 Å². The number of amides is 1. The number of rotatable bonds is 10. The highest BCUT2D eigenvalue weighted by atomic mass is 19.4. The van der Waals surface area contributed by atoms with E-state index in [0.717, 1.165) is 28.6 Å². The lowest BCUT2D eigenvalue weighted by atomic mass is 9.98. The average molecular weight is 567 g/mol. The van der Waals surface area contributed by atoms with Gasteiger partial charge in [-0.3, -0.25) is 14.3 Å². The topological polar surface area (TPSA) is 86.6 Å². The monoisotopic (exact) mass is 566 g/mol. The number of methoxy groups -OCH3 is 1. The van der Waals surface area contributed by atoms with E-state index in [-0.39, 0.29) is 23.5 Å². The molecule has 4 aromatic rings. The summed E-state index contributed by atoms with van der Waals surface area (Å²) in [6, 6.07) is 12.2. The molecule has 2 aromatic heterocycles. The maximum atomic E-state index is 12.9. The molecular formula is C30H29F3N4O4. The Morgan fingerprint density at radius 2 is 1.80 bits per heavy atom. The highest BCUT2D eigenvalue weighted by molar-refractivity contribution is 6.01. The van der Waals surface area contributed by atoms with E-state index in [4.69, 9.17) is 9.47 Å². The van der Waals surface area contributed by atoms with E-state index in [0.29, 0.717) is 62.2 Å². The van der Waals surface area contributed by atoms with Gasteiger partial charge < -0.3 is 14.4 Å². The van der Waals surface area contributed by atoms with Crippen LogP contribution in [0.15, 0.2) is 60.9 Å². The van der Waals surface area contributed by atoms with E-state index in [1.807, 2.05) is 29.9 Å². The van der Waals surface area contributed by atoms with E-state index in [1.54, 1.807) is 36.3 Å². The molecule has 1 aliphatic rings. The van der Waals surface area contributed by atoms with Gasteiger partial charge in [-0.1, -0.05) is 0 Å². The third kappa shape index (κ3) is 6.40. The molecule has 1 aliphatic heterocycles. The summed E-state index contributed by atoms with van der Waals surface area (Å²) in [5.41, 5.74) is 2.09. The van der Waals surface area contributed by atoms with Crippen molar-refractivity contribution >= 4 is 22.6 Å². The van der Waals surface area contributed by atoms with Crippen LogP contribution in [0.5, 0.6) is 11.6 Å². The normalized spacial score (nSPS) is 13.8. The van der Waals surface area contributed by atoms with Gasteiger partial charge in [-0.2, -0.15) is 18.3 Å². The Bertz CT molecular complexity index is 1540. The Hall–Kier alpha value is -4.25. The molecule has 41 heavy (non-hydrogen) atoms. The van der Waals surface area contributed by atoms with Gasteiger partial charge in [0.15, 0.2) is 5.78 Å². The summed E-state index contributed by atoms with van der Waals surface area (Å²) in [6.07, 6.45) is -0.673. The van der Waals surface area contributed by atoms with Gasteiger partial charge in [-0.15, -0.1) is 0 Å². The van der Waals surface area contributed by atoms with Crippen molar-refractivity contribution in [2.24, 2.45) is 5.92 Å². The average Bonchev–Trinajstić information content (AvgIpc) is 3.34. The van der Waals surface area contributed by atoms with Crippen molar-refractivity contribution in [3.05, 3.63) is 83.2 Å². The number of likely N-dealkylation sites (tertiary alicyclic amines) is 1. The fourth-order valence-electron chi connectivity index (χ4n) is 4.88. The van der Waals surface area contributed by atoms with Crippen molar-refractivity contribution in [3.8, 4) is 11.6 Å². The number of benzene rings is 2. The predicted octanol–water partition coefficient (Wildman–Crippen LogP) is 5.93. The third-order valence-electron chi connectivity index (χ3n) is 7.14. The van der Waals surface area contributed by atoms with Crippen LogP contribution < -0.4 is 4.74 Å². The van der Waals surface area contributed by atoms with Gasteiger partial charge in [-0.25, -0.2) is 4.98 Å². The van der Waals surface area contributed by atoms with E-state index >= 15 is 0 Å². The van der Waals surface area contributed by atoms with E-state index < -0.39 is 11.7 Å². The Kier molecular flexibility index (Phi) is 8.07. The molecule has 2 aromatic carbocycles. The first-order valence-electron chi connectivity index (χ1n) is 13.2. The van der Waals surface area contributed by atoms with Crippen molar-refractivity contribution in [1.82, 2.24) is 19.7 Å². The first-order chi connectivity index (χ1) is 19.6. The molecule has 11 heteroatoms. The largest absolute Gasteiger partial charge is 0.439 e. The van der Waals surface area contributed by atoms with Crippen molar-refractivity contribution in [3.63, 3.8) is 0 Å². The van der Waals surface area contributed by atoms with Crippen molar-refractivity contribution < 1.29 is 32.2 Å². The molecule has 3 heterocycles. The van der Waals surface area contributed by atoms with Crippen LogP contribution in [0.3, 0.4) is 0 Å². The molecule has 0 bridgehead atoms. The molecule has 0 spiro atoms. The number of hydrogen-bond donors (Lipinski definition) is 0. The van der Waals surface area contributed by atoms with Crippen molar-refractivity contribution in [2.45, 2.75) is 32.5 Å². The number of aromatic nitrogens is 3. The molecule has 0 aliphatic carbocycles. The number of aryl methyl sites for hydroxylation is 1. The zero-order chi connectivity index (χ0) is 29.1. The summed E-state index contributed by atoms with van der Waals surface area (Å²) in [5, 5.41) is 5.62. The molecule has 1 amide bonds. The van der Waals surface area contributed by atoms with Crippen LogP contribution in [0, 0.1) is 12.8 Å².